The molecular formula is C13H17FN2O4S. The van der Waals surface area contributed by atoms with Gasteiger partial charge in [0.1, 0.15) is 0 Å². The van der Waals surface area contributed by atoms with Crippen molar-refractivity contribution in [2.45, 2.75) is 31.6 Å². The molecule has 1 aromatic carbocycles. The van der Waals surface area contributed by atoms with Crippen LogP contribution in [0.5, 0.6) is 0 Å². The standard InChI is InChI=1S/C13H17FN2O4S/c1-9(2)13(6-7-13)8-15-21(19,20)11-5-3-4-10(14)12(11)16(17)18/h3-5,9,15H,6-8H2,1-2H3. The Morgan fingerprint density at radius 1 is 1.43 bits per heavy atom. The van der Waals surface area contributed by atoms with Gasteiger partial charge < -0.3 is 0 Å². The number of rotatable bonds is 6. The molecule has 0 amide bonds. The molecule has 0 aromatic heterocycles. The van der Waals surface area contributed by atoms with E-state index in [4.69, 9.17) is 0 Å². The number of nitrogens with zero attached hydrogens (tertiary/aromatic N) is 1. The highest BCUT2D eigenvalue weighted by Crippen LogP contribution is 2.51. The van der Waals surface area contributed by atoms with E-state index < -0.39 is 31.3 Å². The van der Waals surface area contributed by atoms with Gasteiger partial charge in [-0.3, -0.25) is 10.1 Å². The van der Waals surface area contributed by atoms with Crippen LogP contribution in [0.2, 0.25) is 0 Å². The lowest BCUT2D eigenvalue weighted by atomic mass is 9.93. The second kappa shape index (κ2) is 5.34. The lowest BCUT2D eigenvalue weighted by molar-refractivity contribution is -0.390. The van der Waals surface area contributed by atoms with Gasteiger partial charge in [0.05, 0.1) is 4.92 Å². The highest BCUT2D eigenvalue weighted by molar-refractivity contribution is 7.89. The van der Waals surface area contributed by atoms with Gasteiger partial charge in [0.15, 0.2) is 4.90 Å². The highest BCUT2D eigenvalue weighted by atomic mass is 32.2. The Kier molecular flexibility index (Phi) is 4.03. The molecule has 2 rings (SSSR count). The van der Waals surface area contributed by atoms with Gasteiger partial charge in [0, 0.05) is 6.54 Å². The molecule has 1 aliphatic rings. The fourth-order valence-electron chi connectivity index (χ4n) is 2.32. The zero-order valence-electron chi connectivity index (χ0n) is 11.8. The molecule has 0 aliphatic heterocycles. The zero-order chi connectivity index (χ0) is 15.8. The van der Waals surface area contributed by atoms with Crippen molar-refractivity contribution in [3.63, 3.8) is 0 Å². The van der Waals surface area contributed by atoms with Crippen LogP contribution in [-0.4, -0.2) is 19.9 Å². The van der Waals surface area contributed by atoms with Gasteiger partial charge >= 0.3 is 5.69 Å². The quantitative estimate of drug-likeness (QED) is 0.645. The van der Waals surface area contributed by atoms with E-state index in [1.54, 1.807) is 0 Å². The SMILES string of the molecule is CC(C)C1(CNS(=O)(=O)c2cccc(F)c2[N+](=O)[O-])CC1. The Morgan fingerprint density at radius 2 is 2.05 bits per heavy atom. The molecule has 1 saturated carbocycles. The Morgan fingerprint density at radius 3 is 2.52 bits per heavy atom. The van der Waals surface area contributed by atoms with Crippen molar-refractivity contribution >= 4 is 15.7 Å². The van der Waals surface area contributed by atoms with Crippen LogP contribution >= 0.6 is 0 Å². The van der Waals surface area contributed by atoms with Gasteiger partial charge in [-0.25, -0.2) is 13.1 Å². The van der Waals surface area contributed by atoms with Crippen LogP contribution in [0.15, 0.2) is 23.1 Å². The average molecular weight is 316 g/mol. The van der Waals surface area contributed by atoms with E-state index in [1.165, 1.54) is 0 Å². The monoisotopic (exact) mass is 316 g/mol. The van der Waals surface area contributed by atoms with Crippen LogP contribution in [0.4, 0.5) is 10.1 Å². The molecule has 0 bridgehead atoms. The van der Waals surface area contributed by atoms with Crippen LogP contribution in [0.25, 0.3) is 0 Å². The molecule has 1 fully saturated rings. The molecule has 6 nitrogen and oxygen atoms in total. The predicted octanol–water partition coefficient (Wildman–Crippen LogP) is 2.45. The van der Waals surface area contributed by atoms with E-state index in [0.717, 1.165) is 31.0 Å². The number of hydrogen-bond acceptors (Lipinski definition) is 4. The molecule has 1 aromatic rings. The van der Waals surface area contributed by atoms with E-state index in [1.807, 2.05) is 13.8 Å². The van der Waals surface area contributed by atoms with Crippen molar-refractivity contribution < 1.29 is 17.7 Å². The zero-order valence-corrected chi connectivity index (χ0v) is 12.6. The molecule has 0 radical (unpaired) electrons. The number of nitro groups is 1. The molecular weight excluding hydrogens is 299 g/mol. The molecule has 0 atom stereocenters. The van der Waals surface area contributed by atoms with Crippen molar-refractivity contribution in [2.75, 3.05) is 6.54 Å². The summed E-state index contributed by atoms with van der Waals surface area (Å²) in [5.41, 5.74) is -1.10. The first-order valence-electron chi connectivity index (χ1n) is 6.62. The third-order valence-electron chi connectivity index (χ3n) is 4.15. The van der Waals surface area contributed by atoms with Crippen molar-refractivity contribution in [2.24, 2.45) is 11.3 Å². The van der Waals surface area contributed by atoms with Crippen molar-refractivity contribution in [3.05, 3.63) is 34.1 Å². The number of sulfonamides is 1. The summed E-state index contributed by atoms with van der Waals surface area (Å²) in [5.74, 6) is -0.851. The number of hydrogen-bond donors (Lipinski definition) is 1. The van der Waals surface area contributed by atoms with Gasteiger partial charge in [-0.1, -0.05) is 19.9 Å². The Hall–Kier alpha value is -1.54. The third kappa shape index (κ3) is 3.06. The molecule has 0 unspecified atom stereocenters. The topological polar surface area (TPSA) is 89.3 Å². The van der Waals surface area contributed by atoms with Gasteiger partial charge in [-0.2, -0.15) is 4.39 Å². The van der Waals surface area contributed by atoms with E-state index >= 15 is 0 Å². The van der Waals surface area contributed by atoms with Crippen LogP contribution in [0.1, 0.15) is 26.7 Å². The molecule has 1 aliphatic carbocycles. The Labute approximate surface area is 122 Å². The molecule has 0 heterocycles. The summed E-state index contributed by atoms with van der Waals surface area (Å²) in [4.78, 5) is 9.24. The van der Waals surface area contributed by atoms with Crippen molar-refractivity contribution in [1.82, 2.24) is 4.72 Å². The lowest BCUT2D eigenvalue weighted by Crippen LogP contribution is -2.33. The maximum Gasteiger partial charge on any atom is 0.324 e. The van der Waals surface area contributed by atoms with Crippen LogP contribution in [0.3, 0.4) is 0 Å². The number of para-hydroxylation sites is 1. The normalized spacial score (nSPS) is 17.0. The minimum absolute atomic E-state index is 0.0881. The van der Waals surface area contributed by atoms with E-state index in [0.29, 0.717) is 5.92 Å². The van der Waals surface area contributed by atoms with E-state index in [9.17, 15) is 22.9 Å². The summed E-state index contributed by atoms with van der Waals surface area (Å²) in [5, 5.41) is 10.9. The maximum atomic E-state index is 13.5. The third-order valence-corrected chi connectivity index (χ3v) is 5.59. The Bertz CT molecular complexity index is 669. The largest absolute Gasteiger partial charge is 0.324 e. The summed E-state index contributed by atoms with van der Waals surface area (Å²) in [6.45, 7) is 4.22. The summed E-state index contributed by atoms with van der Waals surface area (Å²) in [7, 11) is -4.12. The molecule has 21 heavy (non-hydrogen) atoms. The number of nitro benzene ring substituents is 1. The first kappa shape index (κ1) is 15.8. The highest BCUT2D eigenvalue weighted by Gasteiger charge is 2.46. The number of benzene rings is 1. The molecule has 0 spiro atoms. The molecule has 8 heteroatoms. The van der Waals surface area contributed by atoms with E-state index in [-0.39, 0.29) is 12.0 Å². The Balaban J connectivity index is 2.29. The van der Waals surface area contributed by atoms with Gasteiger partial charge in [0.25, 0.3) is 0 Å². The van der Waals surface area contributed by atoms with Gasteiger partial charge in [0.2, 0.25) is 15.8 Å². The van der Waals surface area contributed by atoms with Crippen LogP contribution in [0, 0.1) is 27.3 Å². The first-order valence-corrected chi connectivity index (χ1v) is 8.10. The average Bonchev–Trinajstić information content (AvgIpc) is 3.17. The minimum Gasteiger partial charge on any atom is -0.258 e. The second-order valence-corrected chi connectivity index (χ2v) is 7.42. The van der Waals surface area contributed by atoms with Crippen LogP contribution < -0.4 is 4.72 Å². The molecule has 0 saturated heterocycles. The summed E-state index contributed by atoms with van der Waals surface area (Å²) >= 11 is 0. The van der Waals surface area contributed by atoms with Gasteiger partial charge in [-0.15, -0.1) is 0 Å². The maximum absolute atomic E-state index is 13.5. The fourth-order valence-corrected chi connectivity index (χ4v) is 3.64. The van der Waals surface area contributed by atoms with Crippen molar-refractivity contribution in [3.8, 4) is 0 Å². The summed E-state index contributed by atoms with van der Waals surface area (Å²) in [6, 6.07) is 3.05. The smallest absolute Gasteiger partial charge is 0.258 e. The minimum atomic E-state index is -4.12. The molecule has 116 valence electrons. The van der Waals surface area contributed by atoms with Gasteiger partial charge in [-0.05, 0) is 36.3 Å². The van der Waals surface area contributed by atoms with Crippen molar-refractivity contribution in [1.29, 1.82) is 0 Å². The first-order chi connectivity index (χ1) is 9.69. The van der Waals surface area contributed by atoms with E-state index in [2.05, 4.69) is 4.72 Å². The summed E-state index contributed by atoms with van der Waals surface area (Å²) < 4.78 is 40.3. The number of nitrogens with one attached hydrogen (secondary N) is 1. The lowest BCUT2D eigenvalue weighted by Gasteiger charge is -2.19. The molecule has 1 N–H and O–H groups in total. The fraction of sp³-hybridized carbons (Fsp3) is 0.538. The van der Waals surface area contributed by atoms with Crippen LogP contribution in [-0.2, 0) is 10.0 Å². The number of halogens is 1. The summed E-state index contributed by atoms with van der Waals surface area (Å²) in [6.07, 6.45) is 1.83. The predicted molar refractivity (Wildman–Crippen MR) is 74.7 cm³/mol. The second-order valence-electron chi connectivity index (χ2n) is 5.69.